The minimum absolute atomic E-state index is 0.0953. The number of carboxylic acid groups (broad SMARTS) is 1. The molecule has 1 fully saturated rings. The van der Waals surface area contributed by atoms with Crippen LogP contribution < -0.4 is 10.2 Å². The van der Waals surface area contributed by atoms with Gasteiger partial charge in [0.15, 0.2) is 0 Å². The number of rotatable bonds is 5. The van der Waals surface area contributed by atoms with Crippen molar-refractivity contribution in [2.75, 3.05) is 36.5 Å². The monoisotopic (exact) mass is 387 g/mol. The maximum Gasteiger partial charge on any atom is 0.339 e. The molecule has 10 heteroatoms. The van der Waals surface area contributed by atoms with Crippen LogP contribution in [0.5, 0.6) is 5.75 Å². The van der Waals surface area contributed by atoms with Crippen LogP contribution in [-0.4, -0.2) is 53.3 Å². The summed E-state index contributed by atoms with van der Waals surface area (Å²) in [5, 5.41) is 32.4. The molecule has 1 heterocycles. The Hall–Kier alpha value is -3.66. The van der Waals surface area contributed by atoms with Crippen LogP contribution in [0.15, 0.2) is 36.4 Å². The van der Waals surface area contributed by atoms with Crippen LogP contribution in [0.3, 0.4) is 0 Å². The summed E-state index contributed by atoms with van der Waals surface area (Å²) in [5.74, 6) is -2.42. The highest BCUT2D eigenvalue weighted by Crippen LogP contribution is 2.28. The topological polar surface area (TPSA) is 142 Å². The molecule has 1 aliphatic heterocycles. The van der Waals surface area contributed by atoms with Crippen LogP contribution >= 0.6 is 0 Å². The molecule has 1 aliphatic rings. The van der Waals surface area contributed by atoms with Gasteiger partial charge < -0.3 is 25.2 Å². The molecule has 1 saturated heterocycles. The van der Waals surface area contributed by atoms with E-state index in [0.717, 1.165) is 12.1 Å². The highest BCUT2D eigenvalue weighted by molar-refractivity contribution is 6.09. The zero-order valence-electron chi connectivity index (χ0n) is 14.6. The van der Waals surface area contributed by atoms with Gasteiger partial charge in [-0.2, -0.15) is 0 Å². The van der Waals surface area contributed by atoms with Gasteiger partial charge in [0.05, 0.1) is 29.4 Å². The number of hydrogen-bond acceptors (Lipinski definition) is 7. The van der Waals surface area contributed by atoms with E-state index < -0.39 is 22.5 Å². The van der Waals surface area contributed by atoms with E-state index in [-0.39, 0.29) is 22.5 Å². The van der Waals surface area contributed by atoms with Crippen LogP contribution in [0.4, 0.5) is 17.1 Å². The van der Waals surface area contributed by atoms with Crippen molar-refractivity contribution in [3.05, 3.63) is 57.6 Å². The number of aromatic carboxylic acids is 1. The van der Waals surface area contributed by atoms with Gasteiger partial charge in [0.25, 0.3) is 11.6 Å². The summed E-state index contributed by atoms with van der Waals surface area (Å²) in [6.45, 7) is 2.02. The zero-order valence-corrected chi connectivity index (χ0v) is 14.6. The molecule has 0 radical (unpaired) electrons. The molecule has 146 valence electrons. The summed E-state index contributed by atoms with van der Waals surface area (Å²) >= 11 is 0. The summed E-state index contributed by atoms with van der Waals surface area (Å²) in [6.07, 6.45) is 0. The summed E-state index contributed by atoms with van der Waals surface area (Å²) in [7, 11) is 0. The predicted molar refractivity (Wildman–Crippen MR) is 99.1 cm³/mol. The Labute approximate surface area is 159 Å². The second-order valence-corrected chi connectivity index (χ2v) is 6.05. The number of carbonyl (C=O) groups is 2. The Balaban J connectivity index is 1.92. The maximum absolute atomic E-state index is 12.8. The molecule has 2 aromatic carbocycles. The minimum Gasteiger partial charge on any atom is -0.507 e. The van der Waals surface area contributed by atoms with Crippen molar-refractivity contribution in [2.24, 2.45) is 0 Å². The number of hydrogen-bond donors (Lipinski definition) is 3. The molecule has 0 unspecified atom stereocenters. The van der Waals surface area contributed by atoms with E-state index in [1.807, 2.05) is 4.90 Å². The number of ether oxygens (including phenoxy) is 1. The van der Waals surface area contributed by atoms with Gasteiger partial charge >= 0.3 is 5.97 Å². The van der Waals surface area contributed by atoms with Gasteiger partial charge in [-0.05, 0) is 18.2 Å². The lowest BCUT2D eigenvalue weighted by molar-refractivity contribution is -0.384. The highest BCUT2D eigenvalue weighted by Gasteiger charge is 2.22. The number of morpholine rings is 1. The molecule has 0 bridgehead atoms. The zero-order chi connectivity index (χ0) is 20.3. The van der Waals surface area contributed by atoms with Gasteiger partial charge in [0, 0.05) is 37.0 Å². The first-order chi connectivity index (χ1) is 13.4. The maximum atomic E-state index is 12.8. The van der Waals surface area contributed by atoms with E-state index in [0.29, 0.717) is 32.0 Å². The van der Waals surface area contributed by atoms with Crippen LogP contribution in [0.2, 0.25) is 0 Å². The molecular weight excluding hydrogens is 370 g/mol. The Kier molecular flexibility index (Phi) is 5.41. The molecule has 0 atom stereocenters. The smallest absolute Gasteiger partial charge is 0.339 e. The van der Waals surface area contributed by atoms with Gasteiger partial charge in [-0.1, -0.05) is 0 Å². The number of nitro benzene ring substituents is 1. The first-order valence-electron chi connectivity index (χ1n) is 8.35. The number of carboxylic acids is 1. The number of amides is 1. The largest absolute Gasteiger partial charge is 0.507 e. The van der Waals surface area contributed by atoms with Crippen molar-refractivity contribution < 1.29 is 29.5 Å². The van der Waals surface area contributed by atoms with Crippen molar-refractivity contribution in [2.45, 2.75) is 0 Å². The molecule has 0 spiro atoms. The van der Waals surface area contributed by atoms with Crippen molar-refractivity contribution in [1.82, 2.24) is 0 Å². The van der Waals surface area contributed by atoms with Gasteiger partial charge in [-0.3, -0.25) is 14.9 Å². The first kappa shape index (κ1) is 19.1. The molecule has 3 rings (SSSR count). The Morgan fingerprint density at radius 2 is 1.82 bits per heavy atom. The molecule has 0 aromatic heterocycles. The van der Waals surface area contributed by atoms with Crippen LogP contribution in [0, 0.1) is 10.1 Å². The average Bonchev–Trinajstić information content (AvgIpc) is 2.68. The number of aromatic hydroxyl groups is 1. The summed E-state index contributed by atoms with van der Waals surface area (Å²) < 4.78 is 5.30. The van der Waals surface area contributed by atoms with E-state index in [1.165, 1.54) is 24.3 Å². The molecule has 0 aliphatic carbocycles. The lowest BCUT2D eigenvalue weighted by Gasteiger charge is -2.30. The second-order valence-electron chi connectivity index (χ2n) is 6.05. The molecule has 1 amide bonds. The van der Waals surface area contributed by atoms with E-state index >= 15 is 0 Å². The van der Waals surface area contributed by atoms with Crippen molar-refractivity contribution in [3.63, 3.8) is 0 Å². The van der Waals surface area contributed by atoms with Gasteiger partial charge in [-0.25, -0.2) is 4.79 Å². The minimum atomic E-state index is -1.30. The van der Waals surface area contributed by atoms with Gasteiger partial charge in [0.1, 0.15) is 11.3 Å². The van der Waals surface area contributed by atoms with Crippen molar-refractivity contribution in [3.8, 4) is 5.75 Å². The second kappa shape index (κ2) is 7.92. The Bertz CT molecular complexity index is 939. The van der Waals surface area contributed by atoms with Crippen LogP contribution in [-0.2, 0) is 4.74 Å². The normalized spacial score (nSPS) is 13.8. The van der Waals surface area contributed by atoms with Crippen molar-refractivity contribution in [1.29, 1.82) is 0 Å². The number of nitrogens with zero attached hydrogens (tertiary/aromatic N) is 2. The number of benzene rings is 2. The Morgan fingerprint density at radius 3 is 2.43 bits per heavy atom. The SMILES string of the molecule is O=C(O)c1ccc(NC(=O)c2cc([N+](=O)[O-])ccc2N2CCOCC2)cc1O. The van der Waals surface area contributed by atoms with E-state index in [4.69, 9.17) is 9.84 Å². The third-order valence-electron chi connectivity index (χ3n) is 4.27. The number of nitro groups is 1. The first-order valence-corrected chi connectivity index (χ1v) is 8.35. The summed E-state index contributed by atoms with van der Waals surface area (Å²) in [5.41, 5.74) is 0.246. The van der Waals surface area contributed by atoms with Crippen molar-refractivity contribution >= 4 is 28.9 Å². The molecule has 28 heavy (non-hydrogen) atoms. The molecule has 0 saturated carbocycles. The third-order valence-corrected chi connectivity index (χ3v) is 4.27. The van der Waals surface area contributed by atoms with E-state index in [9.17, 15) is 24.8 Å². The van der Waals surface area contributed by atoms with Gasteiger partial charge in [-0.15, -0.1) is 0 Å². The number of anilines is 2. The lowest BCUT2D eigenvalue weighted by Crippen LogP contribution is -2.37. The average molecular weight is 387 g/mol. The lowest BCUT2D eigenvalue weighted by atomic mass is 10.1. The molecule has 3 N–H and O–H groups in total. The summed E-state index contributed by atoms with van der Waals surface area (Å²) in [6, 6.07) is 7.62. The van der Waals surface area contributed by atoms with E-state index in [1.54, 1.807) is 0 Å². The van der Waals surface area contributed by atoms with E-state index in [2.05, 4.69) is 5.32 Å². The number of phenols is 1. The number of carbonyl (C=O) groups excluding carboxylic acids is 1. The number of nitrogens with one attached hydrogen (secondary N) is 1. The fraction of sp³-hybridized carbons (Fsp3) is 0.222. The van der Waals surface area contributed by atoms with Crippen LogP contribution in [0.1, 0.15) is 20.7 Å². The summed E-state index contributed by atoms with van der Waals surface area (Å²) in [4.78, 5) is 36.2. The molecular formula is C18H17N3O7. The van der Waals surface area contributed by atoms with Crippen LogP contribution in [0.25, 0.3) is 0 Å². The molecule has 2 aromatic rings. The Morgan fingerprint density at radius 1 is 1.11 bits per heavy atom. The quantitative estimate of drug-likeness (QED) is 0.523. The highest BCUT2D eigenvalue weighted by atomic mass is 16.6. The predicted octanol–water partition coefficient (Wildman–Crippen LogP) is 2.09. The standard InChI is InChI=1S/C18H17N3O7/c22-16-9-11(1-3-13(16)18(24)25)19-17(23)14-10-12(21(26)27)2-4-15(14)20-5-7-28-8-6-20/h1-4,9-10,22H,5-8H2,(H,19,23)(H,24,25). The van der Waals surface area contributed by atoms with Gasteiger partial charge in [0.2, 0.25) is 0 Å². The molecule has 10 nitrogen and oxygen atoms in total. The fourth-order valence-corrected chi connectivity index (χ4v) is 2.89. The fourth-order valence-electron chi connectivity index (χ4n) is 2.89. The third kappa shape index (κ3) is 4.01. The number of non-ortho nitro benzene ring substituents is 1.